The van der Waals surface area contributed by atoms with Crippen molar-refractivity contribution in [1.29, 1.82) is 0 Å². The molecule has 0 radical (unpaired) electrons. The second kappa shape index (κ2) is 7.57. The van der Waals surface area contributed by atoms with E-state index in [1.54, 1.807) is 5.06 Å². The number of hydrogen-bond donors (Lipinski definition) is 0. The topological polar surface area (TPSA) is 49.9 Å². The zero-order valence-electron chi connectivity index (χ0n) is 18.1. The van der Waals surface area contributed by atoms with E-state index < -0.39 is 18.1 Å². The fourth-order valence-corrected chi connectivity index (χ4v) is 5.02. The van der Waals surface area contributed by atoms with Gasteiger partial charge in [-0.3, -0.25) is 14.4 Å². The standard InChI is InChI=1S/C28H22N2O3/c1-18-9-5-8-14-23(18)25-24-26(33-30(25)21-12-3-2-4-13-21)28(32)29(27(24)31)22-16-15-19-10-6-7-11-20(19)17-22/h2-17,24-26H,1H3. The van der Waals surface area contributed by atoms with Crippen molar-refractivity contribution in [3.63, 3.8) is 0 Å². The number of nitrogens with zero attached hydrogens (tertiary/aromatic N) is 2. The summed E-state index contributed by atoms with van der Waals surface area (Å²) in [6, 6.07) is 30.8. The third-order valence-electron chi connectivity index (χ3n) is 6.62. The monoisotopic (exact) mass is 434 g/mol. The van der Waals surface area contributed by atoms with E-state index in [2.05, 4.69) is 0 Å². The Bertz CT molecular complexity index is 1380. The van der Waals surface area contributed by atoms with Gasteiger partial charge in [-0.15, -0.1) is 0 Å². The zero-order chi connectivity index (χ0) is 22.5. The first-order chi connectivity index (χ1) is 16.1. The smallest absolute Gasteiger partial charge is 0.266 e. The molecule has 2 amide bonds. The summed E-state index contributed by atoms with van der Waals surface area (Å²) in [6.07, 6.45) is -0.867. The highest BCUT2D eigenvalue weighted by atomic mass is 16.7. The molecule has 0 spiro atoms. The first kappa shape index (κ1) is 19.7. The Morgan fingerprint density at radius 1 is 0.697 bits per heavy atom. The molecule has 0 bridgehead atoms. The Balaban J connectivity index is 1.45. The summed E-state index contributed by atoms with van der Waals surface area (Å²) in [5.74, 6) is -1.19. The predicted molar refractivity (Wildman–Crippen MR) is 128 cm³/mol. The van der Waals surface area contributed by atoms with Gasteiger partial charge in [-0.1, -0.05) is 72.8 Å². The lowest BCUT2D eigenvalue weighted by Crippen LogP contribution is -2.37. The Morgan fingerprint density at radius 2 is 1.39 bits per heavy atom. The van der Waals surface area contributed by atoms with Crippen molar-refractivity contribution in [2.24, 2.45) is 5.92 Å². The van der Waals surface area contributed by atoms with Gasteiger partial charge in [-0.2, -0.15) is 0 Å². The van der Waals surface area contributed by atoms with Gasteiger partial charge in [0.1, 0.15) is 5.92 Å². The van der Waals surface area contributed by atoms with E-state index >= 15 is 0 Å². The Kier molecular flexibility index (Phi) is 4.52. The fourth-order valence-electron chi connectivity index (χ4n) is 5.02. The summed E-state index contributed by atoms with van der Waals surface area (Å²) in [6.45, 7) is 2.02. The quantitative estimate of drug-likeness (QED) is 0.416. The number of fused-ring (bicyclic) bond motifs is 2. The van der Waals surface area contributed by atoms with Crippen LogP contribution in [0.4, 0.5) is 11.4 Å². The molecule has 5 nitrogen and oxygen atoms in total. The minimum absolute atomic E-state index is 0.230. The van der Waals surface area contributed by atoms with Crippen molar-refractivity contribution in [3.05, 3.63) is 108 Å². The van der Waals surface area contributed by atoms with Crippen molar-refractivity contribution in [2.45, 2.75) is 19.1 Å². The highest BCUT2D eigenvalue weighted by molar-refractivity contribution is 6.24. The number of hydrogen-bond acceptors (Lipinski definition) is 4. The van der Waals surface area contributed by atoms with Gasteiger partial charge < -0.3 is 0 Å². The fraction of sp³-hybridized carbons (Fsp3) is 0.143. The lowest BCUT2D eigenvalue weighted by molar-refractivity contribution is -0.126. The Morgan fingerprint density at radius 3 is 2.18 bits per heavy atom. The van der Waals surface area contributed by atoms with E-state index in [0.717, 1.165) is 27.6 Å². The maximum Gasteiger partial charge on any atom is 0.266 e. The summed E-state index contributed by atoms with van der Waals surface area (Å²) < 4.78 is 0. The molecule has 0 N–H and O–H groups in total. The SMILES string of the molecule is Cc1ccccc1C1C2C(=O)N(c3ccc4ccccc4c3)C(=O)C2ON1c1ccccc1. The molecule has 3 unspecified atom stereocenters. The van der Waals surface area contributed by atoms with E-state index in [9.17, 15) is 9.59 Å². The molecule has 2 aliphatic heterocycles. The first-order valence-corrected chi connectivity index (χ1v) is 11.1. The third-order valence-corrected chi connectivity index (χ3v) is 6.62. The molecule has 5 heteroatoms. The number of carbonyl (C=O) groups excluding carboxylic acids is 2. The number of amides is 2. The lowest BCUT2D eigenvalue weighted by Gasteiger charge is -2.29. The van der Waals surface area contributed by atoms with Crippen LogP contribution in [0.15, 0.2) is 97.1 Å². The lowest BCUT2D eigenvalue weighted by atomic mass is 9.88. The van der Waals surface area contributed by atoms with Crippen molar-refractivity contribution >= 4 is 34.0 Å². The van der Waals surface area contributed by atoms with Crippen molar-refractivity contribution in [2.75, 3.05) is 9.96 Å². The maximum absolute atomic E-state index is 13.8. The average molecular weight is 434 g/mol. The molecule has 0 aromatic heterocycles. The van der Waals surface area contributed by atoms with E-state index in [4.69, 9.17) is 4.84 Å². The Labute approximate surface area is 191 Å². The van der Waals surface area contributed by atoms with Crippen LogP contribution in [0.3, 0.4) is 0 Å². The van der Waals surface area contributed by atoms with Gasteiger partial charge in [-0.05, 0) is 53.1 Å². The van der Waals surface area contributed by atoms with Gasteiger partial charge in [0.15, 0.2) is 6.10 Å². The van der Waals surface area contributed by atoms with Crippen molar-refractivity contribution in [1.82, 2.24) is 0 Å². The number of aryl methyl sites for hydroxylation is 1. The highest BCUT2D eigenvalue weighted by Crippen LogP contribution is 2.48. The van der Waals surface area contributed by atoms with E-state index in [0.29, 0.717) is 5.69 Å². The summed E-state index contributed by atoms with van der Waals surface area (Å²) in [5, 5.41) is 3.78. The van der Waals surface area contributed by atoms with Crippen LogP contribution >= 0.6 is 0 Å². The van der Waals surface area contributed by atoms with Gasteiger partial charge in [0, 0.05) is 0 Å². The van der Waals surface area contributed by atoms with E-state index in [-0.39, 0.29) is 11.8 Å². The minimum Gasteiger partial charge on any atom is -0.273 e. The molecule has 3 atom stereocenters. The number of para-hydroxylation sites is 1. The van der Waals surface area contributed by atoms with Crippen LogP contribution in [0.2, 0.25) is 0 Å². The number of carbonyl (C=O) groups is 2. The van der Waals surface area contributed by atoms with E-state index in [1.165, 1.54) is 4.90 Å². The number of anilines is 2. The number of hydroxylamine groups is 1. The first-order valence-electron chi connectivity index (χ1n) is 11.1. The van der Waals surface area contributed by atoms with Crippen LogP contribution < -0.4 is 9.96 Å². The molecule has 2 saturated heterocycles. The molecule has 0 aliphatic carbocycles. The zero-order valence-corrected chi connectivity index (χ0v) is 18.1. The van der Waals surface area contributed by atoms with Crippen molar-refractivity contribution in [3.8, 4) is 0 Å². The second-order valence-corrected chi connectivity index (χ2v) is 8.56. The molecular formula is C28H22N2O3. The van der Waals surface area contributed by atoms with Gasteiger partial charge in [0.05, 0.1) is 17.4 Å². The summed E-state index contributed by atoms with van der Waals surface area (Å²) in [5.41, 5.74) is 3.43. The molecule has 2 heterocycles. The molecule has 33 heavy (non-hydrogen) atoms. The maximum atomic E-state index is 13.8. The van der Waals surface area contributed by atoms with Crippen LogP contribution in [0, 0.1) is 12.8 Å². The molecule has 2 fully saturated rings. The Hall–Kier alpha value is -3.96. The number of imide groups is 1. The molecule has 162 valence electrons. The van der Waals surface area contributed by atoms with Crippen molar-refractivity contribution < 1.29 is 14.4 Å². The van der Waals surface area contributed by atoms with Crippen LogP contribution in [0.25, 0.3) is 10.8 Å². The summed E-state index contributed by atoms with van der Waals surface area (Å²) >= 11 is 0. The van der Waals surface area contributed by atoms with Gasteiger partial charge in [-0.25, -0.2) is 9.96 Å². The van der Waals surface area contributed by atoms with Gasteiger partial charge >= 0.3 is 0 Å². The molecule has 0 saturated carbocycles. The largest absolute Gasteiger partial charge is 0.273 e. The highest BCUT2D eigenvalue weighted by Gasteiger charge is 2.60. The van der Waals surface area contributed by atoms with Crippen LogP contribution in [-0.2, 0) is 14.4 Å². The van der Waals surface area contributed by atoms with Gasteiger partial charge in [0.2, 0.25) is 5.91 Å². The minimum atomic E-state index is -0.867. The third kappa shape index (κ3) is 3.04. The molecule has 6 rings (SSSR count). The van der Waals surface area contributed by atoms with Crippen LogP contribution in [0.5, 0.6) is 0 Å². The summed E-state index contributed by atoms with van der Waals surface area (Å²) in [4.78, 5) is 34.9. The summed E-state index contributed by atoms with van der Waals surface area (Å²) in [7, 11) is 0. The average Bonchev–Trinajstić information content (AvgIpc) is 3.35. The second-order valence-electron chi connectivity index (χ2n) is 8.56. The van der Waals surface area contributed by atoms with Gasteiger partial charge in [0.25, 0.3) is 5.91 Å². The molecule has 4 aromatic carbocycles. The van der Waals surface area contributed by atoms with Crippen LogP contribution in [-0.4, -0.2) is 17.9 Å². The molecule has 4 aromatic rings. The predicted octanol–water partition coefficient (Wildman–Crippen LogP) is 5.20. The number of benzene rings is 4. The van der Waals surface area contributed by atoms with E-state index in [1.807, 2.05) is 104 Å². The van der Waals surface area contributed by atoms with Crippen LogP contribution in [0.1, 0.15) is 17.2 Å². The molecular weight excluding hydrogens is 412 g/mol. The number of rotatable bonds is 3. The normalized spacial score (nSPS) is 22.3. The molecule has 2 aliphatic rings.